The lowest BCUT2D eigenvalue weighted by Gasteiger charge is -2.12. The van der Waals surface area contributed by atoms with E-state index in [0.717, 1.165) is 5.39 Å². The van der Waals surface area contributed by atoms with Crippen LogP contribution in [-0.2, 0) is 0 Å². The van der Waals surface area contributed by atoms with Gasteiger partial charge in [-0.05, 0) is 38.1 Å². The second kappa shape index (κ2) is 12.5. The Bertz CT molecular complexity index is 1510. The molecule has 0 aliphatic rings. The molecule has 0 radical (unpaired) electrons. The van der Waals surface area contributed by atoms with E-state index in [0.29, 0.717) is 52.4 Å². The average Bonchev–Trinajstić information content (AvgIpc) is 3.38. The highest BCUT2D eigenvalue weighted by molar-refractivity contribution is 6.05. The van der Waals surface area contributed by atoms with Gasteiger partial charge in [0.25, 0.3) is 5.91 Å². The van der Waals surface area contributed by atoms with Crippen molar-refractivity contribution >= 4 is 34.5 Å². The Kier molecular flexibility index (Phi) is 8.69. The number of nitrogens with zero attached hydrogens (tertiary/aromatic N) is 5. The van der Waals surface area contributed by atoms with E-state index in [1.165, 1.54) is 10.9 Å². The molecule has 4 rings (SSSR count). The maximum atomic E-state index is 13.0. The number of aromatic nitrogens is 4. The Morgan fingerprint density at radius 2 is 1.90 bits per heavy atom. The first kappa shape index (κ1) is 27.1. The lowest BCUT2D eigenvalue weighted by molar-refractivity contribution is 0.101. The van der Waals surface area contributed by atoms with Gasteiger partial charge in [-0.15, -0.1) is 0 Å². The van der Waals surface area contributed by atoms with Crippen LogP contribution in [0.15, 0.2) is 60.0 Å². The average molecular weight is 532 g/mol. The molecule has 0 atom stereocenters. The monoisotopic (exact) mass is 531 g/mol. The Labute approximate surface area is 225 Å². The Balaban J connectivity index is 1.53. The molecule has 1 amide bonds. The third-order valence-corrected chi connectivity index (χ3v) is 5.50. The predicted octanol–water partition coefficient (Wildman–Crippen LogP) is 4.13. The fourth-order valence-electron chi connectivity index (χ4n) is 3.67. The Hall–Kier alpha value is -4.97. The number of rotatable bonds is 11. The van der Waals surface area contributed by atoms with Crippen LogP contribution < -0.4 is 30.0 Å². The number of carbonyl (C=O) groups excluding carboxylic acids is 1. The number of pyridine rings is 2. The van der Waals surface area contributed by atoms with Crippen molar-refractivity contribution in [1.82, 2.24) is 19.7 Å². The molecule has 3 heterocycles. The Morgan fingerprint density at radius 3 is 2.56 bits per heavy atom. The van der Waals surface area contributed by atoms with Crippen LogP contribution in [-0.4, -0.2) is 59.4 Å². The van der Waals surface area contributed by atoms with Crippen molar-refractivity contribution in [3.05, 3.63) is 60.7 Å². The van der Waals surface area contributed by atoms with Crippen molar-refractivity contribution in [2.45, 2.75) is 13.8 Å². The molecule has 202 valence electrons. The largest absolute Gasteiger partial charge is 0.493 e. The summed E-state index contributed by atoms with van der Waals surface area (Å²) in [7, 11) is 3.13. The summed E-state index contributed by atoms with van der Waals surface area (Å²) in [5, 5.41) is 7.86. The summed E-state index contributed by atoms with van der Waals surface area (Å²) in [5.41, 5.74) is 6.88. The fourth-order valence-corrected chi connectivity index (χ4v) is 3.67. The number of hydrogen-bond acceptors (Lipinski definition) is 10. The summed E-state index contributed by atoms with van der Waals surface area (Å²) in [6, 6.07) is 8.64. The second-order valence-corrected chi connectivity index (χ2v) is 7.90. The molecule has 3 aromatic heterocycles. The van der Waals surface area contributed by atoms with Gasteiger partial charge in [0.05, 0.1) is 51.1 Å². The Morgan fingerprint density at radius 1 is 1.10 bits per heavy atom. The highest BCUT2D eigenvalue weighted by Crippen LogP contribution is 2.36. The SMILES string of the molecule is C/C=C(\C=NCN)n1cc(OCC)c(C(=O)Nc2ccc(Oc3ccnc4cc(OC)c(OC)cc34)cn2)n1. The van der Waals surface area contributed by atoms with Gasteiger partial charge in [-0.1, -0.05) is 6.08 Å². The van der Waals surface area contributed by atoms with E-state index >= 15 is 0 Å². The maximum Gasteiger partial charge on any atom is 0.281 e. The minimum absolute atomic E-state index is 0.104. The molecule has 0 fully saturated rings. The summed E-state index contributed by atoms with van der Waals surface area (Å²) in [5.74, 6) is 2.31. The van der Waals surface area contributed by atoms with Crippen LogP contribution in [0.1, 0.15) is 24.3 Å². The maximum absolute atomic E-state index is 13.0. The quantitative estimate of drug-likeness (QED) is 0.272. The topological polar surface area (TPSA) is 148 Å². The molecule has 0 saturated carbocycles. The van der Waals surface area contributed by atoms with Crippen LogP contribution in [0.25, 0.3) is 16.6 Å². The van der Waals surface area contributed by atoms with E-state index in [1.54, 1.807) is 69.2 Å². The van der Waals surface area contributed by atoms with Gasteiger partial charge in [0, 0.05) is 23.9 Å². The van der Waals surface area contributed by atoms with Crippen molar-refractivity contribution in [2.24, 2.45) is 10.7 Å². The molecule has 3 N–H and O–H groups in total. The third kappa shape index (κ3) is 6.13. The lowest BCUT2D eigenvalue weighted by atomic mass is 10.2. The number of nitrogens with one attached hydrogen (secondary N) is 1. The molecule has 12 nitrogen and oxygen atoms in total. The number of anilines is 1. The third-order valence-electron chi connectivity index (χ3n) is 5.50. The first-order valence-electron chi connectivity index (χ1n) is 12.1. The zero-order valence-corrected chi connectivity index (χ0v) is 22.0. The molecule has 0 aliphatic heterocycles. The number of allylic oxidation sites excluding steroid dienone is 2. The number of ether oxygens (including phenoxy) is 4. The van der Waals surface area contributed by atoms with Crippen LogP contribution in [0.2, 0.25) is 0 Å². The first-order chi connectivity index (χ1) is 19.0. The van der Waals surface area contributed by atoms with Crippen LogP contribution >= 0.6 is 0 Å². The second-order valence-electron chi connectivity index (χ2n) is 7.90. The minimum atomic E-state index is -0.481. The van der Waals surface area contributed by atoms with Crippen molar-refractivity contribution in [2.75, 3.05) is 32.8 Å². The normalized spacial score (nSPS) is 11.6. The van der Waals surface area contributed by atoms with Crippen LogP contribution in [0.5, 0.6) is 28.7 Å². The van der Waals surface area contributed by atoms with Crippen molar-refractivity contribution in [3.63, 3.8) is 0 Å². The van der Waals surface area contributed by atoms with Crippen molar-refractivity contribution in [1.29, 1.82) is 0 Å². The predicted molar refractivity (Wildman–Crippen MR) is 148 cm³/mol. The summed E-state index contributed by atoms with van der Waals surface area (Å²) in [6.45, 7) is 4.15. The van der Waals surface area contributed by atoms with Crippen LogP contribution in [0.4, 0.5) is 5.82 Å². The summed E-state index contributed by atoms with van der Waals surface area (Å²) in [4.78, 5) is 25.8. The molecular weight excluding hydrogens is 502 g/mol. The summed E-state index contributed by atoms with van der Waals surface area (Å²) >= 11 is 0. The van der Waals surface area contributed by atoms with Crippen LogP contribution in [0, 0.1) is 0 Å². The zero-order chi connectivity index (χ0) is 27.8. The number of fused-ring (bicyclic) bond motifs is 1. The molecule has 4 aromatic rings. The lowest BCUT2D eigenvalue weighted by Crippen LogP contribution is -2.15. The molecule has 1 aromatic carbocycles. The van der Waals surface area contributed by atoms with E-state index in [4.69, 9.17) is 24.7 Å². The van der Waals surface area contributed by atoms with E-state index < -0.39 is 5.91 Å². The summed E-state index contributed by atoms with van der Waals surface area (Å²) < 4.78 is 24.0. The van der Waals surface area contributed by atoms with Gasteiger partial charge in [-0.25, -0.2) is 9.67 Å². The number of benzene rings is 1. The minimum Gasteiger partial charge on any atom is -0.493 e. The number of amides is 1. The highest BCUT2D eigenvalue weighted by atomic mass is 16.5. The first-order valence-corrected chi connectivity index (χ1v) is 12.1. The van der Waals surface area contributed by atoms with E-state index in [1.807, 2.05) is 13.8 Å². The molecule has 0 aliphatic carbocycles. The van der Waals surface area contributed by atoms with Crippen LogP contribution in [0.3, 0.4) is 0 Å². The number of carbonyl (C=O) groups is 1. The number of methoxy groups -OCH3 is 2. The molecule has 0 unspecified atom stereocenters. The highest BCUT2D eigenvalue weighted by Gasteiger charge is 2.20. The number of hydrogen-bond donors (Lipinski definition) is 2. The van der Waals surface area contributed by atoms with Gasteiger partial charge in [-0.2, -0.15) is 5.10 Å². The molecule has 0 spiro atoms. The van der Waals surface area contributed by atoms with E-state index in [-0.39, 0.29) is 12.4 Å². The fraction of sp³-hybridized carbons (Fsp3) is 0.222. The molecular formula is C27H29N7O5. The molecule has 39 heavy (non-hydrogen) atoms. The zero-order valence-electron chi connectivity index (χ0n) is 22.0. The number of nitrogens with two attached hydrogens (primary N) is 1. The van der Waals surface area contributed by atoms with Gasteiger partial charge in [0.15, 0.2) is 22.9 Å². The van der Waals surface area contributed by atoms with Gasteiger partial charge in [0.2, 0.25) is 0 Å². The standard InChI is InChI=1S/C27H29N7O5/c1-5-17(13-29-16-28)34-15-24(38-6-2)26(33-34)27(35)32-25-8-7-18(14-31-25)39-21-9-10-30-20-12-23(37-4)22(36-3)11-19(20)21/h5,7-15H,6,16,28H2,1-4H3,(H,31,32,35)/b17-5+,29-13?. The van der Waals surface area contributed by atoms with Crippen molar-refractivity contribution in [3.8, 4) is 28.7 Å². The molecule has 0 saturated heterocycles. The van der Waals surface area contributed by atoms with Gasteiger partial charge >= 0.3 is 0 Å². The van der Waals surface area contributed by atoms with Crippen molar-refractivity contribution < 1.29 is 23.7 Å². The molecule has 12 heteroatoms. The number of aliphatic imine (C=N–C) groups is 1. The van der Waals surface area contributed by atoms with Gasteiger partial charge < -0.3 is 30.0 Å². The van der Waals surface area contributed by atoms with E-state index in [2.05, 4.69) is 25.4 Å². The van der Waals surface area contributed by atoms with E-state index in [9.17, 15) is 4.79 Å². The van der Waals surface area contributed by atoms with Gasteiger partial charge in [0.1, 0.15) is 17.3 Å². The smallest absolute Gasteiger partial charge is 0.281 e. The molecule has 0 bridgehead atoms. The summed E-state index contributed by atoms with van der Waals surface area (Å²) in [6.07, 6.45) is 8.13. The van der Waals surface area contributed by atoms with Gasteiger partial charge in [-0.3, -0.25) is 14.8 Å².